The number of rotatable bonds is 4. The molecule has 6 heteroatoms. The third-order valence-corrected chi connectivity index (χ3v) is 4.83. The number of carbonyl (C=O) groups is 1. The van der Waals surface area contributed by atoms with E-state index < -0.39 is 6.61 Å². The Bertz CT molecular complexity index is 539. The van der Waals surface area contributed by atoms with Crippen molar-refractivity contribution in [3.63, 3.8) is 0 Å². The monoisotopic (exact) mass is 324 g/mol. The fraction of sp³-hybridized carbons (Fsp3) is 0.588. The molecule has 2 saturated heterocycles. The van der Waals surface area contributed by atoms with Crippen LogP contribution in [0.3, 0.4) is 0 Å². The first-order valence-electron chi connectivity index (χ1n) is 8.21. The van der Waals surface area contributed by atoms with Gasteiger partial charge in [0.25, 0.3) is 5.91 Å². The largest absolute Gasteiger partial charge is 0.434 e. The van der Waals surface area contributed by atoms with Gasteiger partial charge in [0.05, 0.1) is 5.56 Å². The molecule has 1 amide bonds. The van der Waals surface area contributed by atoms with Crippen LogP contribution in [0.2, 0.25) is 0 Å². The average Bonchev–Trinajstić information content (AvgIpc) is 3.09. The van der Waals surface area contributed by atoms with Gasteiger partial charge in [-0.1, -0.05) is 12.1 Å². The zero-order valence-corrected chi connectivity index (χ0v) is 13.0. The van der Waals surface area contributed by atoms with Gasteiger partial charge in [-0.2, -0.15) is 8.78 Å². The van der Waals surface area contributed by atoms with E-state index in [2.05, 4.69) is 10.1 Å². The van der Waals surface area contributed by atoms with Gasteiger partial charge in [-0.3, -0.25) is 4.79 Å². The topological polar surface area (TPSA) is 41.6 Å². The Kier molecular flexibility index (Phi) is 5.10. The number of nitrogens with zero attached hydrogens (tertiary/aromatic N) is 1. The van der Waals surface area contributed by atoms with Crippen LogP contribution in [0.15, 0.2) is 24.3 Å². The molecule has 2 aliphatic heterocycles. The highest BCUT2D eigenvalue weighted by Crippen LogP contribution is 2.28. The van der Waals surface area contributed by atoms with E-state index in [1.54, 1.807) is 23.1 Å². The number of alkyl halides is 2. The number of ether oxygens (including phenoxy) is 1. The Morgan fingerprint density at radius 3 is 2.61 bits per heavy atom. The van der Waals surface area contributed by atoms with Crippen molar-refractivity contribution in [1.29, 1.82) is 0 Å². The summed E-state index contributed by atoms with van der Waals surface area (Å²) in [7, 11) is 0. The van der Waals surface area contributed by atoms with Gasteiger partial charge in [0.1, 0.15) is 5.75 Å². The molecular formula is C17H22F2N2O2. The van der Waals surface area contributed by atoms with Crippen LogP contribution in [0, 0.1) is 5.92 Å². The van der Waals surface area contributed by atoms with Crippen molar-refractivity contribution in [3.8, 4) is 5.75 Å². The summed E-state index contributed by atoms with van der Waals surface area (Å²) in [6.45, 7) is -0.500. The lowest BCUT2D eigenvalue weighted by molar-refractivity contribution is -0.0503. The smallest absolute Gasteiger partial charge is 0.387 e. The standard InChI is InChI=1S/C17H22F2N2O2/c18-17(19)23-15-6-2-1-4-13(15)16(22)21-10-7-12(8-11-21)14-5-3-9-20-14/h1-2,4,6,12,14,17,20H,3,5,7-11H2. The minimum absolute atomic E-state index is 0.0490. The van der Waals surface area contributed by atoms with E-state index in [1.165, 1.54) is 18.9 Å². The molecule has 1 unspecified atom stereocenters. The Labute approximate surface area is 134 Å². The van der Waals surface area contributed by atoms with Crippen LogP contribution in [0.1, 0.15) is 36.0 Å². The summed E-state index contributed by atoms with van der Waals surface area (Å²) >= 11 is 0. The molecule has 1 aromatic carbocycles. The van der Waals surface area contributed by atoms with Gasteiger partial charge in [0, 0.05) is 19.1 Å². The summed E-state index contributed by atoms with van der Waals surface area (Å²) in [6, 6.07) is 6.79. The summed E-state index contributed by atoms with van der Waals surface area (Å²) in [5.41, 5.74) is 0.213. The lowest BCUT2D eigenvalue weighted by Gasteiger charge is -2.35. The lowest BCUT2D eigenvalue weighted by atomic mass is 9.88. The van der Waals surface area contributed by atoms with E-state index in [0.717, 1.165) is 19.4 Å². The normalized spacial score (nSPS) is 22.6. The number of hydrogen-bond donors (Lipinski definition) is 1. The second-order valence-corrected chi connectivity index (χ2v) is 6.21. The Morgan fingerprint density at radius 2 is 1.96 bits per heavy atom. The zero-order chi connectivity index (χ0) is 16.2. The fourth-order valence-electron chi connectivity index (χ4n) is 3.63. The molecule has 2 aliphatic rings. The molecule has 0 radical (unpaired) electrons. The van der Waals surface area contributed by atoms with Gasteiger partial charge in [-0.25, -0.2) is 0 Å². The van der Waals surface area contributed by atoms with Crippen LogP contribution >= 0.6 is 0 Å². The van der Waals surface area contributed by atoms with Crippen molar-refractivity contribution < 1.29 is 18.3 Å². The highest BCUT2D eigenvalue weighted by molar-refractivity contribution is 5.97. The molecule has 0 spiro atoms. The minimum atomic E-state index is -2.93. The number of nitrogens with one attached hydrogen (secondary N) is 1. The number of benzene rings is 1. The second-order valence-electron chi connectivity index (χ2n) is 6.21. The molecule has 2 heterocycles. The first-order valence-corrected chi connectivity index (χ1v) is 8.21. The first-order chi connectivity index (χ1) is 11.1. The molecule has 23 heavy (non-hydrogen) atoms. The van der Waals surface area contributed by atoms with E-state index in [4.69, 9.17) is 0 Å². The number of likely N-dealkylation sites (tertiary alicyclic amines) is 1. The van der Waals surface area contributed by atoms with Crippen molar-refractivity contribution in [2.24, 2.45) is 5.92 Å². The maximum absolute atomic E-state index is 12.6. The third kappa shape index (κ3) is 3.80. The number of hydrogen-bond acceptors (Lipinski definition) is 3. The highest BCUT2D eigenvalue weighted by atomic mass is 19.3. The second kappa shape index (κ2) is 7.25. The highest BCUT2D eigenvalue weighted by Gasteiger charge is 2.31. The summed E-state index contributed by atoms with van der Waals surface area (Å²) < 4.78 is 29.4. The van der Waals surface area contributed by atoms with Crippen molar-refractivity contribution in [3.05, 3.63) is 29.8 Å². The number of halogens is 2. The van der Waals surface area contributed by atoms with Gasteiger partial charge in [0.2, 0.25) is 0 Å². The molecule has 126 valence electrons. The molecule has 1 atom stereocenters. The SMILES string of the molecule is O=C(c1ccccc1OC(F)F)N1CCC(C2CCCN2)CC1. The van der Waals surface area contributed by atoms with Crippen molar-refractivity contribution in [2.45, 2.75) is 38.3 Å². The van der Waals surface area contributed by atoms with Crippen molar-refractivity contribution >= 4 is 5.91 Å². The predicted octanol–water partition coefficient (Wildman–Crippen LogP) is 2.89. The third-order valence-electron chi connectivity index (χ3n) is 4.83. The number of amides is 1. The van der Waals surface area contributed by atoms with Gasteiger partial charge in [-0.05, 0) is 50.3 Å². The van der Waals surface area contributed by atoms with Gasteiger partial charge < -0.3 is 15.0 Å². The number of para-hydroxylation sites is 1. The van der Waals surface area contributed by atoms with Gasteiger partial charge in [0.15, 0.2) is 0 Å². The van der Waals surface area contributed by atoms with Crippen LogP contribution in [-0.2, 0) is 0 Å². The Balaban J connectivity index is 1.63. The molecular weight excluding hydrogens is 302 g/mol. The molecule has 3 rings (SSSR count). The Hall–Kier alpha value is -1.69. The van der Waals surface area contributed by atoms with E-state index in [0.29, 0.717) is 25.0 Å². The molecule has 4 nitrogen and oxygen atoms in total. The molecule has 0 aliphatic carbocycles. The average molecular weight is 324 g/mol. The summed E-state index contributed by atoms with van der Waals surface area (Å²) in [4.78, 5) is 14.4. The quantitative estimate of drug-likeness (QED) is 0.926. The maximum Gasteiger partial charge on any atom is 0.387 e. The van der Waals surface area contributed by atoms with Crippen LogP contribution in [0.4, 0.5) is 8.78 Å². The molecule has 0 bridgehead atoms. The Morgan fingerprint density at radius 1 is 1.22 bits per heavy atom. The molecule has 0 aromatic heterocycles. The van der Waals surface area contributed by atoms with E-state index >= 15 is 0 Å². The maximum atomic E-state index is 12.6. The van der Waals surface area contributed by atoms with E-state index in [1.807, 2.05) is 0 Å². The van der Waals surface area contributed by atoms with Gasteiger partial charge >= 0.3 is 6.61 Å². The number of carbonyl (C=O) groups excluding carboxylic acids is 1. The number of piperidine rings is 1. The summed E-state index contributed by atoms with van der Waals surface area (Å²) in [6.07, 6.45) is 4.36. The fourth-order valence-corrected chi connectivity index (χ4v) is 3.63. The zero-order valence-electron chi connectivity index (χ0n) is 13.0. The van der Waals surface area contributed by atoms with Gasteiger partial charge in [-0.15, -0.1) is 0 Å². The van der Waals surface area contributed by atoms with E-state index in [-0.39, 0.29) is 17.2 Å². The first kappa shape index (κ1) is 16.2. The van der Waals surface area contributed by atoms with Crippen LogP contribution in [-0.4, -0.2) is 43.1 Å². The molecule has 2 fully saturated rings. The van der Waals surface area contributed by atoms with E-state index in [9.17, 15) is 13.6 Å². The van der Waals surface area contributed by atoms with Crippen molar-refractivity contribution in [2.75, 3.05) is 19.6 Å². The summed E-state index contributed by atoms with van der Waals surface area (Å²) in [5, 5.41) is 3.53. The lowest BCUT2D eigenvalue weighted by Crippen LogP contribution is -2.43. The van der Waals surface area contributed by atoms with Crippen LogP contribution in [0.25, 0.3) is 0 Å². The van der Waals surface area contributed by atoms with Crippen LogP contribution < -0.4 is 10.1 Å². The molecule has 1 aromatic rings. The molecule has 1 N–H and O–H groups in total. The van der Waals surface area contributed by atoms with Crippen LogP contribution in [0.5, 0.6) is 5.75 Å². The summed E-state index contributed by atoms with van der Waals surface area (Å²) in [5.74, 6) is 0.334. The minimum Gasteiger partial charge on any atom is -0.434 e. The predicted molar refractivity (Wildman–Crippen MR) is 82.7 cm³/mol. The molecule has 0 saturated carbocycles. The van der Waals surface area contributed by atoms with Crippen molar-refractivity contribution in [1.82, 2.24) is 10.2 Å².